The van der Waals surface area contributed by atoms with Crippen molar-refractivity contribution in [3.8, 4) is 11.5 Å². The van der Waals surface area contributed by atoms with Crippen LogP contribution in [-0.4, -0.2) is 19.8 Å². The summed E-state index contributed by atoms with van der Waals surface area (Å²) >= 11 is 0. The van der Waals surface area contributed by atoms with Gasteiger partial charge in [-0.05, 0) is 48.9 Å². The van der Waals surface area contributed by atoms with Gasteiger partial charge in [0.1, 0.15) is 13.2 Å². The molecular formula is C18H27NO2. The second-order valence-corrected chi connectivity index (χ2v) is 6.41. The largest absolute Gasteiger partial charge is 0.486 e. The number of nitrogens with one attached hydrogen (secondary N) is 1. The molecule has 1 fully saturated rings. The molecule has 0 amide bonds. The summed E-state index contributed by atoms with van der Waals surface area (Å²) < 4.78 is 11.4. The van der Waals surface area contributed by atoms with Crippen molar-refractivity contribution in [1.82, 2.24) is 5.32 Å². The van der Waals surface area contributed by atoms with Crippen molar-refractivity contribution in [2.24, 2.45) is 11.8 Å². The van der Waals surface area contributed by atoms with E-state index in [0.717, 1.165) is 29.9 Å². The van der Waals surface area contributed by atoms with Gasteiger partial charge in [0.25, 0.3) is 0 Å². The van der Waals surface area contributed by atoms with E-state index in [4.69, 9.17) is 9.47 Å². The van der Waals surface area contributed by atoms with E-state index < -0.39 is 0 Å². The van der Waals surface area contributed by atoms with Crippen LogP contribution in [0.3, 0.4) is 0 Å². The smallest absolute Gasteiger partial charge is 0.161 e. The Bertz CT molecular complexity index is 474. The molecule has 0 radical (unpaired) electrons. The SMILES string of the molecule is CCCNC(c1ccc2c(c1)OCCO2)C1CCCC1C. The topological polar surface area (TPSA) is 30.5 Å². The quantitative estimate of drug-likeness (QED) is 0.890. The van der Waals surface area contributed by atoms with Crippen LogP contribution < -0.4 is 14.8 Å². The molecular weight excluding hydrogens is 262 g/mol. The monoisotopic (exact) mass is 289 g/mol. The number of ether oxygens (including phenoxy) is 2. The lowest BCUT2D eigenvalue weighted by atomic mass is 9.85. The van der Waals surface area contributed by atoms with Crippen molar-refractivity contribution >= 4 is 0 Å². The molecule has 1 saturated carbocycles. The number of rotatable bonds is 5. The van der Waals surface area contributed by atoms with Gasteiger partial charge in [0.2, 0.25) is 0 Å². The highest BCUT2D eigenvalue weighted by Crippen LogP contribution is 2.42. The zero-order valence-corrected chi connectivity index (χ0v) is 13.2. The molecule has 1 aliphatic carbocycles. The number of fused-ring (bicyclic) bond motifs is 1. The second kappa shape index (κ2) is 6.69. The minimum absolute atomic E-state index is 0.443. The molecule has 1 aromatic rings. The summed E-state index contributed by atoms with van der Waals surface area (Å²) in [6.45, 7) is 7.01. The van der Waals surface area contributed by atoms with E-state index in [2.05, 4.69) is 37.4 Å². The molecule has 116 valence electrons. The summed E-state index contributed by atoms with van der Waals surface area (Å²) in [6.07, 6.45) is 5.22. The molecule has 3 unspecified atom stereocenters. The zero-order valence-electron chi connectivity index (χ0n) is 13.2. The fourth-order valence-corrected chi connectivity index (χ4v) is 3.74. The number of hydrogen-bond acceptors (Lipinski definition) is 3. The normalized spacial score (nSPS) is 25.8. The van der Waals surface area contributed by atoms with Gasteiger partial charge in [0, 0.05) is 6.04 Å². The number of hydrogen-bond donors (Lipinski definition) is 1. The van der Waals surface area contributed by atoms with Crippen LogP contribution in [0.5, 0.6) is 11.5 Å². The van der Waals surface area contributed by atoms with Crippen LogP contribution in [0.2, 0.25) is 0 Å². The van der Waals surface area contributed by atoms with Gasteiger partial charge < -0.3 is 14.8 Å². The van der Waals surface area contributed by atoms with Gasteiger partial charge in [-0.3, -0.25) is 0 Å². The lowest BCUT2D eigenvalue weighted by molar-refractivity contribution is 0.171. The predicted octanol–water partition coefficient (Wildman–Crippen LogP) is 3.93. The minimum atomic E-state index is 0.443. The Morgan fingerprint density at radius 3 is 2.71 bits per heavy atom. The molecule has 1 aromatic carbocycles. The lowest BCUT2D eigenvalue weighted by Crippen LogP contribution is -2.30. The van der Waals surface area contributed by atoms with E-state index in [1.165, 1.54) is 31.2 Å². The summed E-state index contributed by atoms with van der Waals surface area (Å²) in [5.74, 6) is 3.33. The summed E-state index contributed by atoms with van der Waals surface area (Å²) in [7, 11) is 0. The van der Waals surface area contributed by atoms with Crippen molar-refractivity contribution in [3.05, 3.63) is 23.8 Å². The molecule has 0 bridgehead atoms. The summed E-state index contributed by atoms with van der Waals surface area (Å²) in [5, 5.41) is 3.77. The van der Waals surface area contributed by atoms with Crippen LogP contribution in [0, 0.1) is 11.8 Å². The maximum atomic E-state index is 5.76. The third-order valence-corrected chi connectivity index (χ3v) is 4.90. The Morgan fingerprint density at radius 2 is 2.00 bits per heavy atom. The van der Waals surface area contributed by atoms with Crippen molar-refractivity contribution in [1.29, 1.82) is 0 Å². The van der Waals surface area contributed by atoms with Gasteiger partial charge in [-0.1, -0.05) is 32.8 Å². The Labute approximate surface area is 128 Å². The van der Waals surface area contributed by atoms with Crippen LogP contribution in [0.15, 0.2) is 18.2 Å². The zero-order chi connectivity index (χ0) is 14.7. The Morgan fingerprint density at radius 1 is 1.19 bits per heavy atom. The summed E-state index contributed by atoms with van der Waals surface area (Å²) in [6, 6.07) is 6.92. The van der Waals surface area contributed by atoms with E-state index in [-0.39, 0.29) is 0 Å². The van der Waals surface area contributed by atoms with Gasteiger partial charge in [-0.2, -0.15) is 0 Å². The highest BCUT2D eigenvalue weighted by atomic mass is 16.6. The molecule has 3 rings (SSSR count). The van der Waals surface area contributed by atoms with Crippen LogP contribution in [0.25, 0.3) is 0 Å². The van der Waals surface area contributed by atoms with Crippen LogP contribution in [-0.2, 0) is 0 Å². The predicted molar refractivity (Wildman–Crippen MR) is 85.0 cm³/mol. The highest BCUT2D eigenvalue weighted by molar-refractivity contribution is 5.44. The summed E-state index contributed by atoms with van der Waals surface area (Å²) in [4.78, 5) is 0. The average Bonchev–Trinajstić information content (AvgIpc) is 2.94. The van der Waals surface area contributed by atoms with E-state index in [0.29, 0.717) is 19.3 Å². The number of benzene rings is 1. The maximum Gasteiger partial charge on any atom is 0.161 e. The fraction of sp³-hybridized carbons (Fsp3) is 0.667. The molecule has 2 aliphatic rings. The third-order valence-electron chi connectivity index (χ3n) is 4.90. The Hall–Kier alpha value is -1.22. The van der Waals surface area contributed by atoms with Crippen LogP contribution >= 0.6 is 0 Å². The lowest BCUT2D eigenvalue weighted by Gasteiger charge is -2.29. The van der Waals surface area contributed by atoms with E-state index in [1.807, 2.05) is 0 Å². The first-order valence-electron chi connectivity index (χ1n) is 8.42. The Kier molecular flexibility index (Phi) is 4.69. The Balaban J connectivity index is 1.84. The maximum absolute atomic E-state index is 5.76. The minimum Gasteiger partial charge on any atom is -0.486 e. The average molecular weight is 289 g/mol. The van der Waals surface area contributed by atoms with Gasteiger partial charge in [-0.15, -0.1) is 0 Å². The van der Waals surface area contributed by atoms with Crippen molar-refractivity contribution in [3.63, 3.8) is 0 Å². The molecule has 0 aromatic heterocycles. The fourth-order valence-electron chi connectivity index (χ4n) is 3.74. The molecule has 21 heavy (non-hydrogen) atoms. The van der Waals surface area contributed by atoms with Crippen molar-refractivity contribution in [2.75, 3.05) is 19.8 Å². The molecule has 3 heteroatoms. The first-order valence-corrected chi connectivity index (χ1v) is 8.42. The molecule has 1 N–H and O–H groups in total. The molecule has 3 nitrogen and oxygen atoms in total. The molecule has 1 aliphatic heterocycles. The molecule has 0 saturated heterocycles. The molecule has 3 atom stereocenters. The van der Waals surface area contributed by atoms with Gasteiger partial charge >= 0.3 is 0 Å². The highest BCUT2D eigenvalue weighted by Gasteiger charge is 2.32. The standard InChI is InChI=1S/C18H27NO2/c1-3-9-19-18(15-6-4-5-13(15)2)14-7-8-16-17(12-14)21-11-10-20-16/h7-8,12-13,15,18-19H,3-6,9-11H2,1-2H3. The van der Waals surface area contributed by atoms with Gasteiger partial charge in [-0.25, -0.2) is 0 Å². The van der Waals surface area contributed by atoms with Crippen LogP contribution in [0.1, 0.15) is 51.1 Å². The second-order valence-electron chi connectivity index (χ2n) is 6.41. The van der Waals surface area contributed by atoms with E-state index >= 15 is 0 Å². The van der Waals surface area contributed by atoms with Gasteiger partial charge in [0.05, 0.1) is 0 Å². The van der Waals surface area contributed by atoms with E-state index in [9.17, 15) is 0 Å². The molecule has 0 spiro atoms. The van der Waals surface area contributed by atoms with Crippen LogP contribution in [0.4, 0.5) is 0 Å². The van der Waals surface area contributed by atoms with Crippen molar-refractivity contribution in [2.45, 2.75) is 45.6 Å². The van der Waals surface area contributed by atoms with E-state index in [1.54, 1.807) is 0 Å². The first kappa shape index (κ1) is 14.7. The van der Waals surface area contributed by atoms with Crippen molar-refractivity contribution < 1.29 is 9.47 Å². The third kappa shape index (κ3) is 3.18. The molecule has 1 heterocycles. The first-order chi connectivity index (χ1) is 10.3. The summed E-state index contributed by atoms with van der Waals surface area (Å²) in [5.41, 5.74) is 1.35. The van der Waals surface area contributed by atoms with Gasteiger partial charge in [0.15, 0.2) is 11.5 Å².